The van der Waals surface area contributed by atoms with Gasteiger partial charge in [0.2, 0.25) is 0 Å². The molecule has 0 bridgehead atoms. The summed E-state index contributed by atoms with van der Waals surface area (Å²) in [4.78, 5) is 1.89. The van der Waals surface area contributed by atoms with E-state index in [4.69, 9.17) is 4.74 Å². The van der Waals surface area contributed by atoms with E-state index in [0.29, 0.717) is 5.92 Å². The third-order valence-corrected chi connectivity index (χ3v) is 2.85. The molecule has 0 saturated heterocycles. The Balaban J connectivity index is 3.27. The van der Waals surface area contributed by atoms with Crippen molar-refractivity contribution in [1.29, 1.82) is 5.26 Å². The first-order chi connectivity index (χ1) is 8.01. The largest absolute Gasteiger partial charge is 0.496 e. The lowest BCUT2D eigenvalue weighted by Gasteiger charge is -2.21. The summed E-state index contributed by atoms with van der Waals surface area (Å²) >= 11 is 0. The summed E-state index contributed by atoms with van der Waals surface area (Å²) in [5.74, 6) is 1.22. The molecule has 0 aliphatic carbocycles. The maximum Gasteiger partial charge on any atom is 0.126 e. The molecule has 0 N–H and O–H groups in total. The molecule has 0 saturated carbocycles. The van der Waals surface area contributed by atoms with Gasteiger partial charge in [-0.15, -0.1) is 0 Å². The highest BCUT2D eigenvalue weighted by molar-refractivity contribution is 5.42. The molecule has 3 nitrogen and oxygen atoms in total. The van der Waals surface area contributed by atoms with E-state index in [1.807, 2.05) is 25.1 Å². The first kappa shape index (κ1) is 13.5. The number of nitrogens with zero attached hydrogens (tertiary/aromatic N) is 2. The molecule has 1 unspecified atom stereocenters. The van der Waals surface area contributed by atoms with Gasteiger partial charge in [-0.05, 0) is 37.7 Å². The van der Waals surface area contributed by atoms with Crippen LogP contribution in [-0.4, -0.2) is 26.1 Å². The van der Waals surface area contributed by atoms with Gasteiger partial charge in [0.15, 0.2) is 0 Å². The topological polar surface area (TPSA) is 36.3 Å². The van der Waals surface area contributed by atoms with E-state index in [-0.39, 0.29) is 6.04 Å². The van der Waals surface area contributed by atoms with E-state index in [1.54, 1.807) is 7.11 Å². The van der Waals surface area contributed by atoms with Crippen LogP contribution in [0.25, 0.3) is 0 Å². The molecule has 0 aromatic heterocycles. The highest BCUT2D eigenvalue weighted by atomic mass is 16.5. The molecule has 1 rings (SSSR count). The van der Waals surface area contributed by atoms with Crippen molar-refractivity contribution in [1.82, 2.24) is 4.90 Å². The minimum atomic E-state index is -0.274. The number of benzene rings is 1. The summed E-state index contributed by atoms with van der Waals surface area (Å²) in [5, 5.41) is 9.25. The van der Waals surface area contributed by atoms with Crippen molar-refractivity contribution in [2.24, 2.45) is 0 Å². The highest BCUT2D eigenvalue weighted by Crippen LogP contribution is 2.30. The summed E-state index contributed by atoms with van der Waals surface area (Å²) in [5.41, 5.74) is 2.16. The summed E-state index contributed by atoms with van der Waals surface area (Å²) in [6, 6.07) is 8.09. The minimum Gasteiger partial charge on any atom is -0.496 e. The third kappa shape index (κ3) is 2.98. The smallest absolute Gasteiger partial charge is 0.126 e. The van der Waals surface area contributed by atoms with Gasteiger partial charge in [-0.25, -0.2) is 0 Å². The van der Waals surface area contributed by atoms with Crippen LogP contribution in [0.2, 0.25) is 0 Å². The molecule has 0 heterocycles. The number of methoxy groups -OCH3 is 1. The van der Waals surface area contributed by atoms with Gasteiger partial charge in [0.1, 0.15) is 11.8 Å². The Labute approximate surface area is 104 Å². The molecule has 0 amide bonds. The zero-order valence-corrected chi connectivity index (χ0v) is 11.2. The first-order valence-corrected chi connectivity index (χ1v) is 5.75. The molecule has 1 atom stereocenters. The average molecular weight is 232 g/mol. The van der Waals surface area contributed by atoms with Crippen molar-refractivity contribution in [3.63, 3.8) is 0 Å². The van der Waals surface area contributed by atoms with Crippen molar-refractivity contribution in [3.8, 4) is 11.8 Å². The zero-order valence-electron chi connectivity index (χ0n) is 11.2. The Morgan fingerprint density at radius 3 is 2.35 bits per heavy atom. The number of rotatable bonds is 4. The number of hydrogen-bond donors (Lipinski definition) is 0. The van der Waals surface area contributed by atoms with Gasteiger partial charge >= 0.3 is 0 Å². The van der Waals surface area contributed by atoms with Crippen LogP contribution >= 0.6 is 0 Å². The molecule has 3 heteroatoms. The van der Waals surface area contributed by atoms with Crippen LogP contribution in [0.1, 0.15) is 36.9 Å². The quantitative estimate of drug-likeness (QED) is 0.800. The lowest BCUT2D eigenvalue weighted by atomic mass is 9.97. The second-order valence-electron chi connectivity index (χ2n) is 4.65. The fraction of sp³-hybridized carbons (Fsp3) is 0.500. The van der Waals surface area contributed by atoms with Crippen LogP contribution in [0.3, 0.4) is 0 Å². The second-order valence-corrected chi connectivity index (χ2v) is 4.65. The van der Waals surface area contributed by atoms with Gasteiger partial charge in [-0.1, -0.05) is 19.9 Å². The maximum absolute atomic E-state index is 9.25. The Hall–Kier alpha value is -1.53. The fourth-order valence-corrected chi connectivity index (χ4v) is 1.79. The van der Waals surface area contributed by atoms with E-state index in [9.17, 15) is 5.26 Å². The number of hydrogen-bond acceptors (Lipinski definition) is 3. The van der Waals surface area contributed by atoms with Crippen molar-refractivity contribution < 1.29 is 4.74 Å². The summed E-state index contributed by atoms with van der Waals surface area (Å²) in [6.45, 7) is 4.28. The number of ether oxygens (including phenoxy) is 1. The first-order valence-electron chi connectivity index (χ1n) is 5.75. The number of nitriles is 1. The van der Waals surface area contributed by atoms with Crippen LogP contribution < -0.4 is 4.74 Å². The molecular weight excluding hydrogens is 212 g/mol. The van der Waals surface area contributed by atoms with Crippen molar-refractivity contribution in [3.05, 3.63) is 29.3 Å². The monoisotopic (exact) mass is 232 g/mol. The SMILES string of the molecule is COc1ccc(C(C)C)cc1C(C#N)N(C)C. The van der Waals surface area contributed by atoms with Crippen molar-refractivity contribution >= 4 is 0 Å². The molecule has 17 heavy (non-hydrogen) atoms. The summed E-state index contributed by atoms with van der Waals surface area (Å²) in [7, 11) is 5.43. The van der Waals surface area contributed by atoms with Gasteiger partial charge < -0.3 is 4.74 Å². The zero-order chi connectivity index (χ0) is 13.0. The van der Waals surface area contributed by atoms with E-state index >= 15 is 0 Å². The van der Waals surface area contributed by atoms with E-state index < -0.39 is 0 Å². The summed E-state index contributed by atoms with van der Waals surface area (Å²) in [6.07, 6.45) is 0. The van der Waals surface area contributed by atoms with Crippen LogP contribution in [0, 0.1) is 11.3 Å². The average Bonchev–Trinajstić information content (AvgIpc) is 2.29. The second kappa shape index (κ2) is 5.70. The maximum atomic E-state index is 9.25. The van der Waals surface area contributed by atoms with Gasteiger partial charge in [-0.2, -0.15) is 5.26 Å². The van der Waals surface area contributed by atoms with Crippen LogP contribution in [-0.2, 0) is 0 Å². The van der Waals surface area contributed by atoms with Gasteiger partial charge in [-0.3, -0.25) is 4.90 Å². The summed E-state index contributed by atoms with van der Waals surface area (Å²) < 4.78 is 5.34. The molecule has 1 aromatic rings. The van der Waals surface area contributed by atoms with E-state index in [1.165, 1.54) is 5.56 Å². The van der Waals surface area contributed by atoms with Crippen LogP contribution in [0.4, 0.5) is 0 Å². The lowest BCUT2D eigenvalue weighted by molar-refractivity contribution is 0.339. The van der Waals surface area contributed by atoms with Crippen LogP contribution in [0.5, 0.6) is 5.75 Å². The molecule has 0 radical (unpaired) electrons. The van der Waals surface area contributed by atoms with Crippen LogP contribution in [0.15, 0.2) is 18.2 Å². The normalized spacial score (nSPS) is 12.6. The predicted octanol–water partition coefficient (Wildman–Crippen LogP) is 2.94. The molecule has 92 valence electrons. The van der Waals surface area contributed by atoms with E-state index in [2.05, 4.69) is 32.0 Å². The molecule has 1 aromatic carbocycles. The fourth-order valence-electron chi connectivity index (χ4n) is 1.79. The Kier molecular flexibility index (Phi) is 4.53. The van der Waals surface area contributed by atoms with Gasteiger partial charge in [0, 0.05) is 5.56 Å². The highest BCUT2D eigenvalue weighted by Gasteiger charge is 2.18. The van der Waals surface area contributed by atoms with Gasteiger partial charge in [0.05, 0.1) is 13.2 Å². The Morgan fingerprint density at radius 2 is 1.94 bits per heavy atom. The molecule has 0 aliphatic rings. The molecular formula is C14H20N2O. The molecule has 0 aliphatic heterocycles. The Morgan fingerprint density at radius 1 is 1.29 bits per heavy atom. The van der Waals surface area contributed by atoms with Crippen molar-refractivity contribution in [2.45, 2.75) is 25.8 Å². The Bertz CT molecular complexity index is 419. The van der Waals surface area contributed by atoms with Gasteiger partial charge in [0.25, 0.3) is 0 Å². The third-order valence-electron chi connectivity index (χ3n) is 2.85. The minimum absolute atomic E-state index is 0.274. The molecule has 0 spiro atoms. The van der Waals surface area contributed by atoms with E-state index in [0.717, 1.165) is 11.3 Å². The lowest BCUT2D eigenvalue weighted by Crippen LogP contribution is -2.19. The molecule has 0 fully saturated rings. The standard InChI is InChI=1S/C14H20N2O/c1-10(2)11-6-7-14(17-5)12(8-11)13(9-15)16(3)4/h6-8,10,13H,1-5H3. The predicted molar refractivity (Wildman–Crippen MR) is 69.1 cm³/mol. The van der Waals surface area contributed by atoms with Crippen molar-refractivity contribution in [2.75, 3.05) is 21.2 Å².